The third-order valence-corrected chi connectivity index (χ3v) is 3.52. The summed E-state index contributed by atoms with van der Waals surface area (Å²) in [4.78, 5) is 8.54. The highest BCUT2D eigenvalue weighted by molar-refractivity contribution is 7.16. The van der Waals surface area contributed by atoms with E-state index in [1.54, 1.807) is 17.5 Å². The Hall–Kier alpha value is -2.26. The largest absolute Gasteiger partial charge is 0.257 e. The van der Waals surface area contributed by atoms with E-state index in [1.807, 2.05) is 41.9 Å². The number of allylic oxidation sites excluding steroid dienone is 2. The fourth-order valence-corrected chi connectivity index (χ4v) is 2.43. The van der Waals surface area contributed by atoms with Gasteiger partial charge in [0.15, 0.2) is 0 Å². The van der Waals surface area contributed by atoms with Crippen LogP contribution in [0.4, 0.5) is 0 Å². The van der Waals surface area contributed by atoms with Crippen molar-refractivity contribution in [3.8, 4) is 0 Å². The highest BCUT2D eigenvalue weighted by atomic mass is 32.1. The maximum absolute atomic E-state index is 4.31. The van der Waals surface area contributed by atoms with E-state index < -0.39 is 0 Å². The van der Waals surface area contributed by atoms with Crippen LogP contribution in [0.2, 0.25) is 0 Å². The van der Waals surface area contributed by atoms with Gasteiger partial charge in [0, 0.05) is 6.20 Å². The molecule has 2 heterocycles. The molecule has 0 saturated carbocycles. The number of hydrogen-bond donors (Lipinski definition) is 0. The number of aromatic nitrogens is 2. The molecular formula is C16H12N2S. The maximum Gasteiger partial charge on any atom is 0.0817 e. The van der Waals surface area contributed by atoms with Crippen molar-refractivity contribution in [2.75, 3.05) is 0 Å². The maximum atomic E-state index is 4.31. The Morgan fingerprint density at radius 3 is 2.79 bits per heavy atom. The molecule has 3 rings (SSSR count). The molecule has 92 valence electrons. The zero-order valence-corrected chi connectivity index (χ0v) is 11.0. The second-order valence-electron chi connectivity index (χ2n) is 4.05. The molecule has 0 N–H and O–H groups in total. The molecule has 0 bridgehead atoms. The van der Waals surface area contributed by atoms with Crippen LogP contribution in [0.3, 0.4) is 0 Å². The lowest BCUT2D eigenvalue weighted by Crippen LogP contribution is -1.75. The number of pyridine rings is 1. The molecule has 0 aliphatic carbocycles. The second-order valence-corrected chi connectivity index (χ2v) is 4.94. The molecule has 0 spiro atoms. The predicted octanol–water partition coefficient (Wildman–Crippen LogP) is 4.42. The molecule has 0 radical (unpaired) electrons. The van der Waals surface area contributed by atoms with E-state index in [4.69, 9.17) is 0 Å². The molecule has 0 aliphatic rings. The topological polar surface area (TPSA) is 25.8 Å². The van der Waals surface area contributed by atoms with Crippen LogP contribution in [0.15, 0.2) is 60.3 Å². The van der Waals surface area contributed by atoms with Crippen molar-refractivity contribution in [2.24, 2.45) is 0 Å². The van der Waals surface area contributed by atoms with E-state index in [0.29, 0.717) is 0 Å². The lowest BCUT2D eigenvalue weighted by Gasteiger charge is -1.92. The van der Waals surface area contributed by atoms with Gasteiger partial charge in [-0.15, -0.1) is 11.3 Å². The molecule has 0 aliphatic heterocycles. The van der Waals surface area contributed by atoms with Gasteiger partial charge >= 0.3 is 0 Å². The van der Waals surface area contributed by atoms with Gasteiger partial charge in [0.1, 0.15) is 0 Å². The van der Waals surface area contributed by atoms with Crippen LogP contribution >= 0.6 is 11.3 Å². The first-order chi connectivity index (χ1) is 9.42. The molecule has 1 aromatic carbocycles. The normalized spacial score (nSPS) is 11.8. The van der Waals surface area contributed by atoms with Crippen molar-refractivity contribution in [1.29, 1.82) is 0 Å². The molecular weight excluding hydrogens is 252 g/mol. The van der Waals surface area contributed by atoms with Gasteiger partial charge < -0.3 is 0 Å². The minimum atomic E-state index is 0.960. The van der Waals surface area contributed by atoms with Crippen molar-refractivity contribution >= 4 is 33.7 Å². The molecule has 0 amide bonds. The van der Waals surface area contributed by atoms with Crippen LogP contribution in [0, 0.1) is 0 Å². The van der Waals surface area contributed by atoms with Crippen molar-refractivity contribution in [3.63, 3.8) is 0 Å². The highest BCUT2D eigenvalue weighted by Gasteiger charge is 1.95. The van der Waals surface area contributed by atoms with E-state index in [-0.39, 0.29) is 0 Å². The summed E-state index contributed by atoms with van der Waals surface area (Å²) in [7, 11) is 0. The van der Waals surface area contributed by atoms with Gasteiger partial charge in [-0.2, -0.15) is 0 Å². The smallest absolute Gasteiger partial charge is 0.0817 e. The van der Waals surface area contributed by atoms with Crippen LogP contribution < -0.4 is 0 Å². The number of thiazole rings is 1. The molecule has 0 fully saturated rings. The SMILES string of the molecule is C(C=Cc1ccccn1)=Cc1ccc2scnc2c1. The summed E-state index contributed by atoms with van der Waals surface area (Å²) in [5, 5.41) is 0. The van der Waals surface area contributed by atoms with Gasteiger partial charge in [0.25, 0.3) is 0 Å². The van der Waals surface area contributed by atoms with Crippen molar-refractivity contribution in [2.45, 2.75) is 0 Å². The number of nitrogens with zero attached hydrogens (tertiary/aromatic N) is 2. The predicted molar refractivity (Wildman–Crippen MR) is 81.9 cm³/mol. The summed E-state index contributed by atoms with van der Waals surface area (Å²) in [5.74, 6) is 0. The van der Waals surface area contributed by atoms with Gasteiger partial charge in [0.2, 0.25) is 0 Å². The van der Waals surface area contributed by atoms with E-state index in [0.717, 1.165) is 16.8 Å². The Kier molecular flexibility index (Phi) is 3.47. The zero-order chi connectivity index (χ0) is 12.9. The summed E-state index contributed by atoms with van der Waals surface area (Å²) in [6.45, 7) is 0. The minimum absolute atomic E-state index is 0.960. The fourth-order valence-electron chi connectivity index (χ4n) is 1.77. The van der Waals surface area contributed by atoms with Gasteiger partial charge in [-0.25, -0.2) is 4.98 Å². The highest BCUT2D eigenvalue weighted by Crippen LogP contribution is 2.19. The molecule has 3 heteroatoms. The summed E-state index contributed by atoms with van der Waals surface area (Å²) < 4.78 is 1.22. The first-order valence-corrected chi connectivity index (χ1v) is 6.89. The van der Waals surface area contributed by atoms with E-state index in [1.165, 1.54) is 4.70 Å². The number of hydrogen-bond acceptors (Lipinski definition) is 3. The third kappa shape index (κ3) is 2.95. The molecule has 2 aromatic heterocycles. The molecule has 19 heavy (non-hydrogen) atoms. The van der Waals surface area contributed by atoms with E-state index in [2.05, 4.69) is 34.2 Å². The summed E-state index contributed by atoms with van der Waals surface area (Å²) in [6.07, 6.45) is 9.85. The molecule has 0 saturated heterocycles. The van der Waals surface area contributed by atoms with Gasteiger partial charge in [-0.05, 0) is 35.9 Å². The van der Waals surface area contributed by atoms with Crippen LogP contribution in [-0.4, -0.2) is 9.97 Å². The first-order valence-electron chi connectivity index (χ1n) is 6.01. The Morgan fingerprint density at radius 1 is 0.947 bits per heavy atom. The number of benzene rings is 1. The first kappa shape index (κ1) is 11.8. The second kappa shape index (κ2) is 5.59. The van der Waals surface area contributed by atoms with Crippen LogP contribution in [0.5, 0.6) is 0 Å². The van der Waals surface area contributed by atoms with Crippen molar-refractivity contribution < 1.29 is 0 Å². The summed E-state index contributed by atoms with van der Waals surface area (Å²) in [6, 6.07) is 12.2. The van der Waals surface area contributed by atoms with E-state index in [9.17, 15) is 0 Å². The Morgan fingerprint density at radius 2 is 1.89 bits per heavy atom. The lowest BCUT2D eigenvalue weighted by molar-refractivity contribution is 1.30. The Balaban J connectivity index is 1.73. The molecule has 0 unspecified atom stereocenters. The third-order valence-electron chi connectivity index (χ3n) is 2.71. The Labute approximate surface area is 115 Å². The quantitative estimate of drug-likeness (QED) is 0.654. The van der Waals surface area contributed by atoms with Crippen LogP contribution in [0.1, 0.15) is 11.3 Å². The summed E-state index contributed by atoms with van der Waals surface area (Å²) in [5.41, 5.74) is 5.05. The van der Waals surface area contributed by atoms with Crippen LogP contribution in [-0.2, 0) is 0 Å². The van der Waals surface area contributed by atoms with E-state index >= 15 is 0 Å². The fraction of sp³-hybridized carbons (Fsp3) is 0. The van der Waals surface area contributed by atoms with Crippen LogP contribution in [0.25, 0.3) is 22.4 Å². The number of rotatable bonds is 3. The molecule has 3 aromatic rings. The minimum Gasteiger partial charge on any atom is -0.257 e. The average molecular weight is 264 g/mol. The standard InChI is InChI=1S/C16H12N2S/c1(2-6-14-7-3-4-10-17-14)5-13-8-9-16-15(11-13)18-12-19-16/h1-12H. The monoisotopic (exact) mass is 264 g/mol. The number of fused-ring (bicyclic) bond motifs is 1. The van der Waals surface area contributed by atoms with Gasteiger partial charge in [-0.3, -0.25) is 4.98 Å². The average Bonchev–Trinajstić information content (AvgIpc) is 2.92. The zero-order valence-electron chi connectivity index (χ0n) is 10.2. The lowest BCUT2D eigenvalue weighted by atomic mass is 10.2. The molecule has 2 nitrogen and oxygen atoms in total. The van der Waals surface area contributed by atoms with Gasteiger partial charge in [-0.1, -0.05) is 30.4 Å². The Bertz CT molecular complexity index is 727. The van der Waals surface area contributed by atoms with Crippen molar-refractivity contribution in [3.05, 3.63) is 71.5 Å². The molecule has 0 atom stereocenters. The van der Waals surface area contributed by atoms with Gasteiger partial charge in [0.05, 0.1) is 21.4 Å². The van der Waals surface area contributed by atoms with Crippen molar-refractivity contribution in [1.82, 2.24) is 9.97 Å². The summed E-state index contributed by atoms with van der Waals surface area (Å²) >= 11 is 1.66.